The molecule has 2 N–H and O–H groups in total. The summed E-state index contributed by atoms with van der Waals surface area (Å²) in [5.74, 6) is 1.51. The van der Waals surface area contributed by atoms with E-state index < -0.39 is 6.09 Å². The fourth-order valence-electron chi connectivity index (χ4n) is 5.26. The average molecular weight is 537 g/mol. The molecule has 39 heavy (non-hydrogen) atoms. The van der Waals surface area contributed by atoms with Crippen molar-refractivity contribution < 1.29 is 23.8 Å². The predicted molar refractivity (Wildman–Crippen MR) is 144 cm³/mol. The van der Waals surface area contributed by atoms with Crippen LogP contribution in [0.4, 0.5) is 16.4 Å². The number of fused-ring (bicyclic) bond motifs is 3. The topological polar surface area (TPSA) is 137 Å². The molecule has 0 radical (unpaired) electrons. The van der Waals surface area contributed by atoms with Crippen molar-refractivity contribution in [1.29, 1.82) is 0 Å². The van der Waals surface area contributed by atoms with Crippen LogP contribution in [0, 0.1) is 0 Å². The number of ether oxygens (including phenoxy) is 3. The third-order valence-electron chi connectivity index (χ3n) is 7.06. The highest BCUT2D eigenvalue weighted by molar-refractivity contribution is 5.95. The summed E-state index contributed by atoms with van der Waals surface area (Å²) in [5.41, 5.74) is 1.34. The highest BCUT2D eigenvalue weighted by Gasteiger charge is 2.46. The summed E-state index contributed by atoms with van der Waals surface area (Å²) in [5, 5.41) is 6.19. The predicted octanol–water partition coefficient (Wildman–Crippen LogP) is 2.69. The Hall–Kier alpha value is -4.19. The molecule has 5 heterocycles. The molecule has 0 aromatic carbocycles. The van der Waals surface area contributed by atoms with E-state index in [1.165, 1.54) is 6.07 Å². The molecule has 3 aromatic heterocycles. The van der Waals surface area contributed by atoms with Crippen molar-refractivity contribution in [3.63, 3.8) is 0 Å². The van der Waals surface area contributed by atoms with E-state index >= 15 is 0 Å². The van der Waals surface area contributed by atoms with Gasteiger partial charge in [0.2, 0.25) is 0 Å². The molecule has 0 spiro atoms. The van der Waals surface area contributed by atoms with Gasteiger partial charge >= 0.3 is 6.09 Å². The molecule has 12 heteroatoms. The standard InChI is InChI=1S/C25H26N6O6.C2H6/c1-35-15-11-18-16(27-12-15)3-7-23(33)30(18)9-8-26-14-2-4-17-20(10-14)37-25(34)31(17)21-6-5-19-24(28-21)29-22(32)13-36-19;1-2/h3,5-7,11-12,14,17,20,26H,2,4,8-10,13H2,1H3,(H,28,29,32);1-2H3. The lowest BCUT2D eigenvalue weighted by Gasteiger charge is -2.33. The second-order valence-corrected chi connectivity index (χ2v) is 9.28. The van der Waals surface area contributed by atoms with Gasteiger partial charge in [-0.2, -0.15) is 0 Å². The number of methoxy groups -OCH3 is 1. The van der Waals surface area contributed by atoms with Gasteiger partial charge in [-0.05, 0) is 31.0 Å². The Balaban J connectivity index is 0.00000151. The first-order chi connectivity index (χ1) is 19.0. The van der Waals surface area contributed by atoms with Crippen LogP contribution in [0.2, 0.25) is 0 Å². The van der Waals surface area contributed by atoms with Gasteiger partial charge in [0.15, 0.2) is 18.2 Å². The zero-order valence-corrected chi connectivity index (χ0v) is 22.2. The Bertz CT molecular complexity index is 1440. The SMILES string of the molecule is CC.COc1cnc2ccc(=O)n(CCNC3CCC4C(C3)OC(=O)N4c3ccc4c(n3)NC(=O)CO4)c2c1. The van der Waals surface area contributed by atoms with Gasteiger partial charge in [-0.3, -0.25) is 19.5 Å². The van der Waals surface area contributed by atoms with Crippen LogP contribution in [-0.4, -0.2) is 65.0 Å². The highest BCUT2D eigenvalue weighted by Crippen LogP contribution is 2.37. The number of hydrogen-bond donors (Lipinski definition) is 2. The zero-order valence-electron chi connectivity index (χ0n) is 22.2. The summed E-state index contributed by atoms with van der Waals surface area (Å²) >= 11 is 0. The van der Waals surface area contributed by atoms with Crippen molar-refractivity contribution in [2.24, 2.45) is 0 Å². The maximum absolute atomic E-state index is 12.8. The minimum Gasteiger partial charge on any atom is -0.495 e. The molecule has 1 saturated carbocycles. The molecular formula is C27H32N6O6. The zero-order chi connectivity index (χ0) is 27.5. The van der Waals surface area contributed by atoms with Crippen LogP contribution < -0.4 is 30.6 Å². The maximum Gasteiger partial charge on any atom is 0.416 e. The first-order valence-corrected chi connectivity index (χ1v) is 13.2. The second kappa shape index (κ2) is 11.3. The van der Waals surface area contributed by atoms with E-state index in [1.54, 1.807) is 41.0 Å². The van der Waals surface area contributed by atoms with Crippen molar-refractivity contribution in [2.75, 3.05) is 30.5 Å². The van der Waals surface area contributed by atoms with Crippen LogP contribution in [-0.2, 0) is 16.1 Å². The molecule has 0 bridgehead atoms. The Kier molecular flexibility index (Phi) is 7.64. The summed E-state index contributed by atoms with van der Waals surface area (Å²) in [4.78, 5) is 47.3. The first-order valence-electron chi connectivity index (χ1n) is 13.2. The number of amides is 2. The number of aromatic nitrogens is 3. The molecule has 12 nitrogen and oxygen atoms in total. The van der Waals surface area contributed by atoms with Crippen molar-refractivity contribution in [1.82, 2.24) is 19.9 Å². The summed E-state index contributed by atoms with van der Waals surface area (Å²) < 4.78 is 18.0. The number of nitrogens with one attached hydrogen (secondary N) is 2. The van der Waals surface area contributed by atoms with Gasteiger partial charge in [-0.15, -0.1) is 0 Å². The molecule has 3 aliphatic rings. The molecule has 206 valence electrons. The van der Waals surface area contributed by atoms with Crippen LogP contribution in [0.5, 0.6) is 11.5 Å². The summed E-state index contributed by atoms with van der Waals surface area (Å²) in [6.07, 6.45) is 3.11. The largest absolute Gasteiger partial charge is 0.495 e. The van der Waals surface area contributed by atoms with E-state index in [4.69, 9.17) is 14.2 Å². The van der Waals surface area contributed by atoms with Crippen LogP contribution in [0.15, 0.2) is 41.3 Å². The highest BCUT2D eigenvalue weighted by atomic mass is 16.6. The number of anilines is 2. The lowest BCUT2D eigenvalue weighted by molar-refractivity contribution is -0.118. The fourth-order valence-corrected chi connectivity index (χ4v) is 5.26. The fraction of sp³-hybridized carbons (Fsp3) is 0.444. The average Bonchev–Trinajstić information content (AvgIpc) is 3.29. The Morgan fingerprint density at radius 2 is 2.00 bits per heavy atom. The Morgan fingerprint density at radius 1 is 1.15 bits per heavy atom. The molecule has 3 atom stereocenters. The summed E-state index contributed by atoms with van der Waals surface area (Å²) in [6, 6.07) is 8.44. The Labute approximate surface area is 225 Å². The van der Waals surface area contributed by atoms with E-state index in [0.29, 0.717) is 42.6 Å². The van der Waals surface area contributed by atoms with Gasteiger partial charge in [0.1, 0.15) is 17.7 Å². The third kappa shape index (κ3) is 5.24. The minimum absolute atomic E-state index is 0.0565. The molecule has 2 aliphatic heterocycles. The van der Waals surface area contributed by atoms with Crippen LogP contribution in [0.25, 0.3) is 11.0 Å². The number of hydrogen-bond acceptors (Lipinski definition) is 9. The Morgan fingerprint density at radius 3 is 2.82 bits per heavy atom. The van der Waals surface area contributed by atoms with Gasteiger partial charge in [0.25, 0.3) is 11.5 Å². The van der Waals surface area contributed by atoms with Crippen LogP contribution in [0.3, 0.4) is 0 Å². The monoisotopic (exact) mass is 536 g/mol. The molecule has 3 aromatic rings. The molecule has 3 unspecified atom stereocenters. The van der Waals surface area contributed by atoms with E-state index in [0.717, 1.165) is 23.9 Å². The van der Waals surface area contributed by atoms with Gasteiger partial charge in [-0.1, -0.05) is 13.8 Å². The van der Waals surface area contributed by atoms with Gasteiger partial charge in [-0.25, -0.2) is 9.78 Å². The number of pyridine rings is 3. The number of carbonyl (C=O) groups excluding carboxylic acids is 2. The van der Waals surface area contributed by atoms with Crippen molar-refractivity contribution in [3.8, 4) is 11.5 Å². The quantitative estimate of drug-likeness (QED) is 0.487. The maximum atomic E-state index is 12.8. The lowest BCUT2D eigenvalue weighted by atomic mass is 9.88. The van der Waals surface area contributed by atoms with E-state index in [-0.39, 0.29) is 36.3 Å². The first kappa shape index (κ1) is 26.4. The number of carbonyl (C=O) groups is 2. The smallest absolute Gasteiger partial charge is 0.416 e. The summed E-state index contributed by atoms with van der Waals surface area (Å²) in [6.45, 7) is 4.98. The normalized spacial score (nSPS) is 21.6. The van der Waals surface area contributed by atoms with Gasteiger partial charge in [0.05, 0.1) is 30.4 Å². The van der Waals surface area contributed by atoms with Crippen molar-refractivity contribution in [2.45, 2.75) is 57.8 Å². The molecular weight excluding hydrogens is 504 g/mol. The van der Waals surface area contributed by atoms with E-state index in [9.17, 15) is 14.4 Å². The minimum atomic E-state index is -0.449. The molecule has 1 aliphatic carbocycles. The molecule has 2 amide bonds. The summed E-state index contributed by atoms with van der Waals surface area (Å²) in [7, 11) is 1.57. The van der Waals surface area contributed by atoms with Gasteiger partial charge < -0.3 is 29.4 Å². The third-order valence-corrected chi connectivity index (χ3v) is 7.06. The van der Waals surface area contributed by atoms with E-state index in [1.807, 2.05) is 19.9 Å². The van der Waals surface area contributed by atoms with Crippen LogP contribution >= 0.6 is 0 Å². The van der Waals surface area contributed by atoms with Crippen LogP contribution in [0.1, 0.15) is 33.1 Å². The van der Waals surface area contributed by atoms with Crippen molar-refractivity contribution in [3.05, 3.63) is 46.9 Å². The molecule has 6 rings (SSSR count). The second-order valence-electron chi connectivity index (χ2n) is 9.28. The van der Waals surface area contributed by atoms with E-state index in [2.05, 4.69) is 20.6 Å². The number of nitrogens with zero attached hydrogens (tertiary/aromatic N) is 4. The molecule has 1 saturated heterocycles. The van der Waals surface area contributed by atoms with Gasteiger partial charge in [0, 0.05) is 37.7 Å². The lowest BCUT2D eigenvalue weighted by Crippen LogP contribution is -2.46. The van der Waals surface area contributed by atoms with Crippen molar-refractivity contribution >= 4 is 34.7 Å². The molecule has 2 fully saturated rings. The number of rotatable bonds is 6.